The van der Waals surface area contributed by atoms with Crippen molar-refractivity contribution in [2.75, 3.05) is 19.8 Å². The van der Waals surface area contributed by atoms with Gasteiger partial charge < -0.3 is 18.9 Å². The number of esters is 1. The molecule has 0 amide bonds. The van der Waals surface area contributed by atoms with E-state index in [-0.39, 0.29) is 23.9 Å². The molecular formula is C19H22O5. The van der Waals surface area contributed by atoms with Gasteiger partial charge in [0.15, 0.2) is 5.79 Å². The molecule has 1 aliphatic carbocycles. The van der Waals surface area contributed by atoms with Gasteiger partial charge in [0.05, 0.1) is 31.8 Å². The highest BCUT2D eigenvalue weighted by Gasteiger charge is 2.69. The zero-order chi connectivity index (χ0) is 16.4. The minimum atomic E-state index is -0.554. The van der Waals surface area contributed by atoms with Gasteiger partial charge in [0.25, 0.3) is 0 Å². The van der Waals surface area contributed by atoms with E-state index in [2.05, 4.69) is 12.1 Å². The Morgan fingerprint density at radius 2 is 2.08 bits per heavy atom. The van der Waals surface area contributed by atoms with Gasteiger partial charge in [0.2, 0.25) is 0 Å². The van der Waals surface area contributed by atoms with E-state index < -0.39 is 11.4 Å². The molecule has 0 unspecified atom stereocenters. The van der Waals surface area contributed by atoms with Crippen LogP contribution < -0.4 is 0 Å². The van der Waals surface area contributed by atoms with Crippen molar-refractivity contribution in [3.8, 4) is 0 Å². The summed E-state index contributed by atoms with van der Waals surface area (Å²) >= 11 is 0. The maximum Gasteiger partial charge on any atom is 0.312 e. The molecule has 3 heterocycles. The molecule has 5 heteroatoms. The highest BCUT2D eigenvalue weighted by atomic mass is 16.7. The third-order valence-electron chi connectivity index (χ3n) is 6.16. The van der Waals surface area contributed by atoms with E-state index in [0.717, 1.165) is 18.4 Å². The fourth-order valence-corrected chi connectivity index (χ4v) is 5.35. The van der Waals surface area contributed by atoms with Crippen molar-refractivity contribution in [1.29, 1.82) is 0 Å². The van der Waals surface area contributed by atoms with Crippen LogP contribution in [0.4, 0.5) is 0 Å². The Labute approximate surface area is 141 Å². The lowest BCUT2D eigenvalue weighted by atomic mass is 9.61. The maximum absolute atomic E-state index is 12.6. The van der Waals surface area contributed by atoms with Crippen LogP contribution in [0, 0.1) is 11.8 Å². The minimum Gasteiger partial charge on any atom is -0.466 e. The van der Waals surface area contributed by atoms with Gasteiger partial charge in [-0.25, -0.2) is 0 Å². The molecule has 4 aliphatic rings. The van der Waals surface area contributed by atoms with Gasteiger partial charge in [-0.2, -0.15) is 0 Å². The van der Waals surface area contributed by atoms with E-state index in [1.165, 1.54) is 5.56 Å². The molecule has 5 nitrogen and oxygen atoms in total. The van der Waals surface area contributed by atoms with Crippen LogP contribution in [0.1, 0.15) is 43.4 Å². The molecule has 2 spiro atoms. The highest BCUT2D eigenvalue weighted by Crippen LogP contribution is 2.67. The number of carbonyl (C=O) groups is 1. The van der Waals surface area contributed by atoms with Gasteiger partial charge in [0.1, 0.15) is 5.60 Å². The van der Waals surface area contributed by atoms with Crippen LogP contribution in [0.5, 0.6) is 0 Å². The summed E-state index contributed by atoms with van der Waals surface area (Å²) in [7, 11) is 0. The Morgan fingerprint density at radius 1 is 1.29 bits per heavy atom. The van der Waals surface area contributed by atoms with Crippen molar-refractivity contribution in [1.82, 2.24) is 0 Å². The van der Waals surface area contributed by atoms with Crippen LogP contribution >= 0.6 is 0 Å². The molecule has 2 bridgehead atoms. The van der Waals surface area contributed by atoms with Gasteiger partial charge in [-0.1, -0.05) is 24.3 Å². The Hall–Kier alpha value is -1.43. The summed E-state index contributed by atoms with van der Waals surface area (Å²) in [5.74, 6) is -0.774. The van der Waals surface area contributed by atoms with Crippen LogP contribution in [0.25, 0.3) is 0 Å². The predicted molar refractivity (Wildman–Crippen MR) is 84.0 cm³/mol. The van der Waals surface area contributed by atoms with Crippen molar-refractivity contribution in [2.45, 2.75) is 43.7 Å². The quantitative estimate of drug-likeness (QED) is 0.781. The Balaban J connectivity index is 1.60. The summed E-state index contributed by atoms with van der Waals surface area (Å²) < 4.78 is 23.9. The lowest BCUT2D eigenvalue weighted by molar-refractivity contribution is -0.231. The Morgan fingerprint density at radius 3 is 2.88 bits per heavy atom. The van der Waals surface area contributed by atoms with Crippen molar-refractivity contribution in [2.24, 2.45) is 11.8 Å². The maximum atomic E-state index is 12.6. The second kappa shape index (κ2) is 5.04. The molecule has 1 saturated carbocycles. The SMILES string of the molecule is CCOC(=O)[C@@H]1[C@H]2O[C@]3(CC4(CC[C@@H]13)OCCO4)c1ccccc12. The smallest absolute Gasteiger partial charge is 0.312 e. The molecule has 5 rings (SSSR count). The average Bonchev–Trinajstić information content (AvgIpc) is 3.26. The number of benzene rings is 1. The van der Waals surface area contributed by atoms with Crippen molar-refractivity contribution >= 4 is 5.97 Å². The molecule has 0 N–H and O–H groups in total. The molecular weight excluding hydrogens is 308 g/mol. The van der Waals surface area contributed by atoms with Gasteiger partial charge in [-0.3, -0.25) is 4.79 Å². The summed E-state index contributed by atoms with van der Waals surface area (Å²) in [6, 6.07) is 8.27. The summed E-state index contributed by atoms with van der Waals surface area (Å²) in [6.07, 6.45) is 2.12. The first-order valence-corrected chi connectivity index (χ1v) is 8.91. The van der Waals surface area contributed by atoms with Crippen LogP contribution in [-0.4, -0.2) is 31.6 Å². The highest BCUT2D eigenvalue weighted by molar-refractivity contribution is 5.76. The number of hydrogen-bond donors (Lipinski definition) is 0. The lowest BCUT2D eigenvalue weighted by Crippen LogP contribution is -2.50. The first-order valence-electron chi connectivity index (χ1n) is 8.91. The standard InChI is InChI=1S/C19H22O5/c1-2-21-17(20)15-14-7-8-18(22-9-10-23-18)11-19(14)13-6-4-3-5-12(13)16(15)24-19/h3-6,14-16H,2,7-11H2,1H3/t14-,15-,16-,19+/m0/s1. The summed E-state index contributed by atoms with van der Waals surface area (Å²) in [6.45, 7) is 3.52. The van der Waals surface area contributed by atoms with Gasteiger partial charge >= 0.3 is 5.97 Å². The summed E-state index contributed by atoms with van der Waals surface area (Å²) in [4.78, 5) is 12.6. The Kier molecular flexibility index (Phi) is 3.12. The first-order chi connectivity index (χ1) is 11.7. The largest absolute Gasteiger partial charge is 0.466 e. The molecule has 0 aromatic heterocycles. The third kappa shape index (κ3) is 1.78. The fraction of sp³-hybridized carbons (Fsp3) is 0.632. The van der Waals surface area contributed by atoms with Crippen molar-refractivity contribution in [3.05, 3.63) is 35.4 Å². The van der Waals surface area contributed by atoms with Gasteiger partial charge in [-0.15, -0.1) is 0 Å². The second-order valence-corrected chi connectivity index (χ2v) is 7.22. The van der Waals surface area contributed by atoms with Crippen LogP contribution in [0.2, 0.25) is 0 Å². The van der Waals surface area contributed by atoms with E-state index in [1.807, 2.05) is 19.1 Å². The number of hydrogen-bond acceptors (Lipinski definition) is 5. The molecule has 1 aromatic carbocycles. The molecule has 128 valence electrons. The fourth-order valence-electron chi connectivity index (χ4n) is 5.35. The summed E-state index contributed by atoms with van der Waals surface area (Å²) in [5.41, 5.74) is 1.85. The van der Waals surface area contributed by atoms with Crippen LogP contribution in [0.3, 0.4) is 0 Å². The monoisotopic (exact) mass is 330 g/mol. The van der Waals surface area contributed by atoms with E-state index in [1.54, 1.807) is 0 Å². The zero-order valence-electron chi connectivity index (χ0n) is 13.8. The zero-order valence-corrected chi connectivity index (χ0v) is 13.8. The molecule has 24 heavy (non-hydrogen) atoms. The number of rotatable bonds is 2. The van der Waals surface area contributed by atoms with Gasteiger partial charge in [0, 0.05) is 18.8 Å². The third-order valence-corrected chi connectivity index (χ3v) is 6.16. The molecule has 3 fully saturated rings. The average molecular weight is 330 g/mol. The summed E-state index contributed by atoms with van der Waals surface area (Å²) in [5, 5.41) is 0. The number of fused-ring (bicyclic) bond motifs is 3. The molecule has 0 radical (unpaired) electrons. The van der Waals surface area contributed by atoms with E-state index in [4.69, 9.17) is 18.9 Å². The number of carbonyl (C=O) groups excluding carboxylic acids is 1. The first kappa shape index (κ1) is 14.9. The molecule has 1 aromatic rings. The lowest BCUT2D eigenvalue weighted by Gasteiger charge is -2.46. The second-order valence-electron chi connectivity index (χ2n) is 7.22. The molecule has 2 saturated heterocycles. The van der Waals surface area contributed by atoms with E-state index in [0.29, 0.717) is 26.2 Å². The Bertz CT molecular complexity index is 680. The minimum absolute atomic E-state index is 0.131. The predicted octanol–water partition coefficient (Wildman–Crippen LogP) is 2.69. The van der Waals surface area contributed by atoms with Crippen molar-refractivity contribution in [3.63, 3.8) is 0 Å². The number of ether oxygens (including phenoxy) is 4. The molecule has 4 atom stereocenters. The van der Waals surface area contributed by atoms with E-state index in [9.17, 15) is 4.79 Å². The van der Waals surface area contributed by atoms with Gasteiger partial charge in [-0.05, 0) is 24.5 Å². The molecule has 3 aliphatic heterocycles. The van der Waals surface area contributed by atoms with Crippen molar-refractivity contribution < 1.29 is 23.7 Å². The normalized spacial score (nSPS) is 38.1. The van der Waals surface area contributed by atoms with Crippen LogP contribution in [0.15, 0.2) is 24.3 Å². The van der Waals surface area contributed by atoms with E-state index >= 15 is 0 Å². The van der Waals surface area contributed by atoms with Crippen LogP contribution in [-0.2, 0) is 29.3 Å². The topological polar surface area (TPSA) is 54.0 Å².